The van der Waals surface area contributed by atoms with Crippen molar-refractivity contribution in [1.82, 2.24) is 10.2 Å². The molecule has 0 bridgehead atoms. The van der Waals surface area contributed by atoms with Crippen LogP contribution in [-0.4, -0.2) is 61.9 Å². The minimum atomic E-state index is -6.41. The zero-order valence-corrected chi connectivity index (χ0v) is 21.4. The van der Waals surface area contributed by atoms with Gasteiger partial charge in [0.1, 0.15) is 5.69 Å². The minimum absolute atomic E-state index is 0.0587. The number of aromatic nitrogens is 2. The number of azo groups is 1. The molecule has 208 valence electrons. The number of hydrogen-bond donors (Lipinski definition) is 1. The lowest BCUT2D eigenvalue weighted by atomic mass is 9.99. The van der Waals surface area contributed by atoms with Gasteiger partial charge < -0.3 is 14.4 Å². The highest BCUT2D eigenvalue weighted by Gasteiger charge is 2.67. The second kappa shape index (κ2) is 10.7. The van der Waals surface area contributed by atoms with E-state index >= 15 is 0 Å². The average Bonchev–Trinajstić information content (AvgIpc) is 3.28. The van der Waals surface area contributed by atoms with Crippen LogP contribution in [0.15, 0.2) is 22.4 Å². The predicted octanol–water partition coefficient (Wildman–Crippen LogP) is 4.30. The van der Waals surface area contributed by atoms with E-state index in [2.05, 4.69) is 20.4 Å². The van der Waals surface area contributed by atoms with Crippen LogP contribution in [0.1, 0.15) is 35.6 Å². The zero-order chi connectivity index (χ0) is 28.5. The molecule has 12 nitrogen and oxygen atoms in total. The third-order valence-electron chi connectivity index (χ3n) is 4.99. The minimum Gasteiger partial charge on any atom is -0.461 e. The number of benzene rings is 1. The number of halogens is 5. The highest BCUT2D eigenvalue weighted by Crippen LogP contribution is 2.44. The summed E-state index contributed by atoms with van der Waals surface area (Å²) in [5, 5.41) is 8.04. The molecule has 0 fully saturated rings. The van der Waals surface area contributed by atoms with E-state index < -0.39 is 51.0 Å². The van der Waals surface area contributed by atoms with Gasteiger partial charge in [0.05, 0.1) is 12.3 Å². The normalized spacial score (nSPS) is 16.3. The molecule has 1 N–H and O–H groups in total. The van der Waals surface area contributed by atoms with Crippen molar-refractivity contribution in [2.75, 3.05) is 23.3 Å². The number of rotatable bonds is 8. The van der Waals surface area contributed by atoms with Gasteiger partial charge in [-0.2, -0.15) is 30.4 Å². The van der Waals surface area contributed by atoms with Gasteiger partial charge in [-0.15, -0.1) is 20.4 Å². The first-order valence-electron chi connectivity index (χ1n) is 10.5. The Morgan fingerprint density at radius 1 is 1.21 bits per heavy atom. The lowest BCUT2D eigenvalue weighted by molar-refractivity contribution is -0.241. The molecule has 1 atom stereocenters. The smallest absolute Gasteiger partial charge is 0.461 e. The molecular weight excluding hydrogens is 567 g/mol. The Labute approximate surface area is 215 Å². The van der Waals surface area contributed by atoms with Gasteiger partial charge in [-0.1, -0.05) is 11.3 Å². The van der Waals surface area contributed by atoms with Crippen molar-refractivity contribution >= 4 is 55.5 Å². The Morgan fingerprint density at radius 2 is 1.89 bits per heavy atom. The summed E-state index contributed by atoms with van der Waals surface area (Å²) < 4.78 is 101. The highest BCUT2D eigenvalue weighted by molar-refractivity contribution is 7.93. The number of aryl methyl sites for hydroxylation is 1. The highest BCUT2D eigenvalue weighted by atomic mass is 32.2. The Kier molecular flexibility index (Phi) is 8.20. The summed E-state index contributed by atoms with van der Waals surface area (Å²) in [4.78, 5) is 24.5. The molecule has 1 aromatic carbocycles. The second-order valence-corrected chi connectivity index (χ2v) is 10.3. The van der Waals surface area contributed by atoms with Crippen molar-refractivity contribution in [3.8, 4) is 0 Å². The topological polar surface area (TPSA) is 153 Å². The van der Waals surface area contributed by atoms with Gasteiger partial charge in [0.25, 0.3) is 5.13 Å². The molecule has 0 radical (unpaired) electrons. The van der Waals surface area contributed by atoms with Gasteiger partial charge in [-0.05, 0) is 31.0 Å². The van der Waals surface area contributed by atoms with Crippen molar-refractivity contribution in [3.05, 3.63) is 22.7 Å². The molecule has 0 saturated carbocycles. The van der Waals surface area contributed by atoms with Gasteiger partial charge in [0.15, 0.2) is 6.23 Å². The molecule has 2 aromatic rings. The predicted molar refractivity (Wildman–Crippen MR) is 122 cm³/mol. The van der Waals surface area contributed by atoms with Crippen molar-refractivity contribution in [3.63, 3.8) is 0 Å². The molecule has 1 unspecified atom stereocenters. The molecule has 1 aliphatic heterocycles. The van der Waals surface area contributed by atoms with Gasteiger partial charge in [-0.3, -0.25) is 9.52 Å². The standard InChI is InChI=1S/C19H19F5N6O6S2/c1-4-35-16(32)15-26-28-17(37-15)27-25-11-7-10-5-6-14(36-9(2)31)30(3)13(10)8-12(11)29-38(33,34)19(23,24)18(20,21)22/h7-8,14,29H,4-6H2,1-3H3. The number of anilines is 2. The van der Waals surface area contributed by atoms with Crippen LogP contribution in [0.4, 0.5) is 44.1 Å². The molecule has 0 amide bonds. The van der Waals surface area contributed by atoms with Crippen LogP contribution in [-0.2, 0) is 30.7 Å². The summed E-state index contributed by atoms with van der Waals surface area (Å²) in [6.07, 6.45) is -6.69. The van der Waals surface area contributed by atoms with Crippen LogP contribution in [0.25, 0.3) is 0 Å². The van der Waals surface area contributed by atoms with Gasteiger partial charge in [0, 0.05) is 26.1 Å². The first-order valence-corrected chi connectivity index (χ1v) is 12.8. The maximum Gasteiger partial charge on any atom is 0.471 e. The summed E-state index contributed by atoms with van der Waals surface area (Å²) in [6.45, 7) is 2.78. The molecule has 19 heteroatoms. The fourth-order valence-corrected chi connectivity index (χ4v) is 4.71. The number of sulfonamides is 1. The summed E-state index contributed by atoms with van der Waals surface area (Å²) in [5.74, 6) is -1.42. The van der Waals surface area contributed by atoms with E-state index in [0.29, 0.717) is 16.9 Å². The Morgan fingerprint density at radius 3 is 2.50 bits per heavy atom. The van der Waals surface area contributed by atoms with E-state index in [1.54, 1.807) is 6.92 Å². The Bertz CT molecular complexity index is 1360. The molecular formula is C19H19F5N6O6S2. The van der Waals surface area contributed by atoms with Crippen LogP contribution in [0.5, 0.6) is 0 Å². The summed E-state index contributed by atoms with van der Waals surface area (Å²) in [7, 11) is -4.91. The van der Waals surface area contributed by atoms with Crippen molar-refractivity contribution in [1.29, 1.82) is 0 Å². The van der Waals surface area contributed by atoms with Gasteiger partial charge in [-0.25, -0.2) is 4.79 Å². The van der Waals surface area contributed by atoms with E-state index in [9.17, 15) is 40.0 Å². The SMILES string of the molecule is CCOC(=O)c1nnc(N=Nc2cc3c(cc2NS(=O)(=O)C(F)(F)C(F)(F)F)N(C)C(OC(C)=O)CC3)s1. The zero-order valence-electron chi connectivity index (χ0n) is 19.7. The third-order valence-corrected chi connectivity index (χ3v) is 7.17. The number of carbonyl (C=O) groups excluding carboxylic acids is 2. The largest absolute Gasteiger partial charge is 0.471 e. The summed E-state index contributed by atoms with van der Waals surface area (Å²) >= 11 is 0.641. The fourth-order valence-electron chi connectivity index (χ4n) is 3.26. The molecule has 0 spiro atoms. The second-order valence-electron chi connectivity index (χ2n) is 7.64. The number of ether oxygens (including phenoxy) is 2. The number of nitrogens with zero attached hydrogens (tertiary/aromatic N) is 5. The van der Waals surface area contributed by atoms with E-state index in [-0.39, 0.29) is 35.3 Å². The molecule has 0 aliphatic carbocycles. The average molecular weight is 587 g/mol. The molecule has 3 rings (SSSR count). The van der Waals surface area contributed by atoms with Crippen LogP contribution in [0.2, 0.25) is 0 Å². The lowest BCUT2D eigenvalue weighted by Crippen LogP contribution is -2.47. The van der Waals surface area contributed by atoms with Crippen LogP contribution >= 0.6 is 11.3 Å². The first-order chi connectivity index (χ1) is 17.6. The van der Waals surface area contributed by atoms with Crippen molar-refractivity contribution in [2.45, 2.75) is 44.3 Å². The van der Waals surface area contributed by atoms with Crippen LogP contribution in [0, 0.1) is 0 Å². The van der Waals surface area contributed by atoms with Crippen LogP contribution < -0.4 is 9.62 Å². The maximum absolute atomic E-state index is 13.8. The summed E-state index contributed by atoms with van der Waals surface area (Å²) in [5.41, 5.74) is -0.561. The van der Waals surface area contributed by atoms with Crippen LogP contribution in [0.3, 0.4) is 0 Å². The van der Waals surface area contributed by atoms with Crippen molar-refractivity contribution in [2.24, 2.45) is 10.2 Å². The van der Waals surface area contributed by atoms with E-state index in [4.69, 9.17) is 9.47 Å². The number of hydrogen-bond acceptors (Lipinski definition) is 12. The molecule has 38 heavy (non-hydrogen) atoms. The Balaban J connectivity index is 2.06. The molecule has 1 aromatic heterocycles. The number of alkyl halides is 5. The number of carbonyl (C=O) groups is 2. The van der Waals surface area contributed by atoms with Crippen molar-refractivity contribution < 1.29 is 49.4 Å². The number of fused-ring (bicyclic) bond motifs is 1. The Hall–Kier alpha value is -3.48. The monoisotopic (exact) mass is 586 g/mol. The van der Waals surface area contributed by atoms with E-state index in [1.807, 2.05) is 0 Å². The maximum atomic E-state index is 13.8. The van der Waals surface area contributed by atoms with E-state index in [1.165, 1.54) is 22.7 Å². The first kappa shape index (κ1) is 29.1. The molecule has 1 aliphatic rings. The molecule has 2 heterocycles. The third kappa shape index (κ3) is 5.98. The lowest BCUT2D eigenvalue weighted by Gasteiger charge is -2.35. The van der Waals surface area contributed by atoms with Gasteiger partial charge in [0.2, 0.25) is 5.01 Å². The van der Waals surface area contributed by atoms with Gasteiger partial charge >= 0.3 is 33.4 Å². The quantitative estimate of drug-likeness (QED) is 0.271. The fraction of sp³-hybridized carbons (Fsp3) is 0.474. The summed E-state index contributed by atoms with van der Waals surface area (Å²) in [6, 6.07) is 2.18. The number of nitrogens with one attached hydrogen (secondary N) is 1. The molecule has 0 saturated heterocycles. The van der Waals surface area contributed by atoms with E-state index in [0.717, 1.165) is 13.0 Å². The number of esters is 2.